The highest BCUT2D eigenvalue weighted by molar-refractivity contribution is 7.09. The van der Waals surface area contributed by atoms with Crippen LogP contribution in [0.1, 0.15) is 20.9 Å². The minimum absolute atomic E-state index is 0.219. The predicted molar refractivity (Wildman–Crippen MR) is 65.6 cm³/mol. The summed E-state index contributed by atoms with van der Waals surface area (Å²) in [6.45, 7) is 2.38. The molecular weight excluding hydrogens is 238 g/mol. The highest BCUT2D eigenvalue weighted by Crippen LogP contribution is 2.13. The van der Waals surface area contributed by atoms with E-state index in [1.807, 2.05) is 6.92 Å². The Balaban J connectivity index is 2.03. The molecule has 2 aromatic heterocycles. The summed E-state index contributed by atoms with van der Waals surface area (Å²) in [6, 6.07) is 0. The number of aromatic nitrogens is 3. The van der Waals surface area contributed by atoms with Gasteiger partial charge in [0.05, 0.1) is 23.9 Å². The Labute approximate surface area is 102 Å². The Kier molecular flexibility index (Phi) is 3.10. The van der Waals surface area contributed by atoms with Crippen molar-refractivity contribution in [1.29, 1.82) is 0 Å². The van der Waals surface area contributed by atoms with Crippen molar-refractivity contribution in [2.24, 2.45) is 7.05 Å². The van der Waals surface area contributed by atoms with E-state index in [0.29, 0.717) is 17.9 Å². The molecule has 17 heavy (non-hydrogen) atoms. The van der Waals surface area contributed by atoms with Gasteiger partial charge in [0, 0.05) is 11.9 Å². The summed E-state index contributed by atoms with van der Waals surface area (Å²) in [5, 5.41) is 6.72. The number of aryl methyl sites for hydroxylation is 2. The number of nitrogens with two attached hydrogens (primary N) is 1. The fourth-order valence-corrected chi connectivity index (χ4v) is 2.09. The molecule has 7 heteroatoms. The molecule has 0 bridgehead atoms. The lowest BCUT2D eigenvalue weighted by Crippen LogP contribution is -2.23. The summed E-state index contributed by atoms with van der Waals surface area (Å²) in [7, 11) is 1.69. The van der Waals surface area contributed by atoms with Gasteiger partial charge < -0.3 is 11.1 Å². The molecule has 0 fully saturated rings. The van der Waals surface area contributed by atoms with Gasteiger partial charge in [-0.25, -0.2) is 4.98 Å². The summed E-state index contributed by atoms with van der Waals surface area (Å²) < 4.78 is 1.47. The smallest absolute Gasteiger partial charge is 0.256 e. The van der Waals surface area contributed by atoms with Crippen LogP contribution in [0.3, 0.4) is 0 Å². The Morgan fingerprint density at radius 1 is 1.65 bits per heavy atom. The first-order valence-electron chi connectivity index (χ1n) is 5.04. The summed E-state index contributed by atoms with van der Waals surface area (Å²) in [5.41, 5.74) is 8.81. The summed E-state index contributed by atoms with van der Waals surface area (Å²) in [6.07, 6.45) is 1.46. The highest BCUT2D eigenvalue weighted by Gasteiger charge is 2.13. The fourth-order valence-electron chi connectivity index (χ4n) is 1.37. The monoisotopic (exact) mass is 251 g/mol. The van der Waals surface area contributed by atoms with Gasteiger partial charge in [0.2, 0.25) is 0 Å². The van der Waals surface area contributed by atoms with Crippen LogP contribution in [0.15, 0.2) is 11.7 Å². The topological polar surface area (TPSA) is 85.8 Å². The number of nitrogen functional groups attached to an aromatic ring is 1. The van der Waals surface area contributed by atoms with Gasteiger partial charge in [-0.3, -0.25) is 9.48 Å². The average molecular weight is 251 g/mol. The molecule has 0 saturated heterocycles. The number of nitrogens with zero attached hydrogens (tertiary/aromatic N) is 3. The molecule has 0 radical (unpaired) electrons. The average Bonchev–Trinajstić information content (AvgIpc) is 2.84. The van der Waals surface area contributed by atoms with Crippen molar-refractivity contribution >= 4 is 23.1 Å². The first kappa shape index (κ1) is 11.6. The van der Waals surface area contributed by atoms with Gasteiger partial charge >= 0.3 is 0 Å². The normalized spacial score (nSPS) is 10.5. The first-order valence-corrected chi connectivity index (χ1v) is 5.92. The molecule has 2 heterocycles. The van der Waals surface area contributed by atoms with Gasteiger partial charge in [-0.2, -0.15) is 5.10 Å². The van der Waals surface area contributed by atoms with Crippen molar-refractivity contribution in [2.75, 3.05) is 5.73 Å². The Morgan fingerprint density at radius 2 is 2.41 bits per heavy atom. The standard InChI is InChI=1S/C10H13N5OS/c1-6-8(17-5-13-6)4-12-10(16)7-3-14-15(2)9(7)11/h3,5H,4,11H2,1-2H3,(H,12,16). The quantitative estimate of drug-likeness (QED) is 0.840. The van der Waals surface area contributed by atoms with Crippen molar-refractivity contribution in [1.82, 2.24) is 20.1 Å². The molecule has 3 N–H and O–H groups in total. The van der Waals surface area contributed by atoms with E-state index in [4.69, 9.17) is 5.73 Å². The van der Waals surface area contributed by atoms with E-state index < -0.39 is 0 Å². The van der Waals surface area contributed by atoms with Crippen LogP contribution in [-0.2, 0) is 13.6 Å². The van der Waals surface area contributed by atoms with E-state index in [1.54, 1.807) is 12.6 Å². The summed E-state index contributed by atoms with van der Waals surface area (Å²) in [5.74, 6) is 0.145. The van der Waals surface area contributed by atoms with Crippen LogP contribution in [0.2, 0.25) is 0 Å². The van der Waals surface area contributed by atoms with Gasteiger partial charge in [-0.15, -0.1) is 11.3 Å². The van der Waals surface area contributed by atoms with Crippen LogP contribution in [0.25, 0.3) is 0 Å². The van der Waals surface area contributed by atoms with Gasteiger partial charge in [-0.1, -0.05) is 0 Å². The number of nitrogens with one attached hydrogen (secondary N) is 1. The summed E-state index contributed by atoms with van der Waals surface area (Å²) in [4.78, 5) is 17.0. The largest absolute Gasteiger partial charge is 0.383 e. The van der Waals surface area contributed by atoms with Crippen LogP contribution in [0.5, 0.6) is 0 Å². The molecule has 6 nitrogen and oxygen atoms in total. The number of carbonyl (C=O) groups is 1. The maximum Gasteiger partial charge on any atom is 0.256 e. The lowest BCUT2D eigenvalue weighted by Gasteiger charge is -2.03. The minimum Gasteiger partial charge on any atom is -0.383 e. The Bertz CT molecular complexity index is 545. The SMILES string of the molecule is Cc1ncsc1CNC(=O)c1cnn(C)c1N. The Hall–Kier alpha value is -1.89. The molecule has 0 atom stereocenters. The number of hydrogen-bond acceptors (Lipinski definition) is 5. The highest BCUT2D eigenvalue weighted by atomic mass is 32.1. The van der Waals surface area contributed by atoms with Crippen molar-refractivity contribution < 1.29 is 4.79 Å². The van der Waals surface area contributed by atoms with Crippen molar-refractivity contribution in [3.8, 4) is 0 Å². The lowest BCUT2D eigenvalue weighted by molar-refractivity contribution is 0.0952. The molecular formula is C10H13N5OS. The Morgan fingerprint density at radius 3 is 2.94 bits per heavy atom. The van der Waals surface area contributed by atoms with E-state index in [2.05, 4.69) is 15.4 Å². The number of hydrogen-bond donors (Lipinski definition) is 2. The van der Waals surface area contributed by atoms with E-state index in [-0.39, 0.29) is 5.91 Å². The van der Waals surface area contributed by atoms with Crippen molar-refractivity contribution in [2.45, 2.75) is 13.5 Å². The first-order chi connectivity index (χ1) is 8.09. The van der Waals surface area contributed by atoms with E-state index in [1.165, 1.54) is 22.2 Å². The van der Waals surface area contributed by atoms with Crippen LogP contribution in [0, 0.1) is 6.92 Å². The number of amides is 1. The van der Waals surface area contributed by atoms with Crippen LogP contribution >= 0.6 is 11.3 Å². The zero-order valence-corrected chi connectivity index (χ0v) is 10.4. The van der Waals surface area contributed by atoms with Crippen molar-refractivity contribution in [3.63, 3.8) is 0 Å². The van der Waals surface area contributed by atoms with Crippen LogP contribution < -0.4 is 11.1 Å². The molecule has 0 aliphatic rings. The number of carbonyl (C=O) groups excluding carboxylic acids is 1. The molecule has 0 aliphatic heterocycles. The zero-order chi connectivity index (χ0) is 12.4. The van der Waals surface area contributed by atoms with E-state index in [0.717, 1.165) is 10.6 Å². The molecule has 0 aromatic carbocycles. The van der Waals surface area contributed by atoms with Gasteiger partial charge in [-0.05, 0) is 6.92 Å². The second kappa shape index (κ2) is 4.54. The molecule has 0 aliphatic carbocycles. The maximum absolute atomic E-state index is 11.8. The van der Waals surface area contributed by atoms with Crippen LogP contribution in [-0.4, -0.2) is 20.7 Å². The number of thiazole rings is 1. The third-order valence-corrected chi connectivity index (χ3v) is 3.42. The third-order valence-electron chi connectivity index (χ3n) is 2.48. The molecule has 2 aromatic rings. The van der Waals surface area contributed by atoms with Gasteiger partial charge in [0.25, 0.3) is 5.91 Å². The molecule has 90 valence electrons. The van der Waals surface area contributed by atoms with E-state index >= 15 is 0 Å². The second-order valence-electron chi connectivity index (χ2n) is 3.61. The molecule has 1 amide bonds. The van der Waals surface area contributed by atoms with E-state index in [9.17, 15) is 4.79 Å². The maximum atomic E-state index is 11.8. The van der Waals surface area contributed by atoms with Crippen molar-refractivity contribution in [3.05, 3.63) is 27.8 Å². The second-order valence-corrected chi connectivity index (χ2v) is 4.55. The molecule has 2 rings (SSSR count). The fraction of sp³-hybridized carbons (Fsp3) is 0.300. The van der Waals surface area contributed by atoms with Gasteiger partial charge in [0.1, 0.15) is 11.4 Å². The third kappa shape index (κ3) is 2.28. The lowest BCUT2D eigenvalue weighted by atomic mass is 10.3. The minimum atomic E-state index is -0.219. The predicted octanol–water partition coefficient (Wildman–Crippen LogP) is 0.697. The zero-order valence-electron chi connectivity index (χ0n) is 9.60. The number of rotatable bonds is 3. The molecule has 0 unspecified atom stereocenters. The summed E-state index contributed by atoms with van der Waals surface area (Å²) >= 11 is 1.52. The molecule has 0 saturated carbocycles. The molecule has 0 spiro atoms. The number of anilines is 1. The van der Waals surface area contributed by atoms with Gasteiger partial charge in [0.15, 0.2) is 0 Å². The van der Waals surface area contributed by atoms with Crippen LogP contribution in [0.4, 0.5) is 5.82 Å².